The molecule has 1 aliphatic heterocycles. The topological polar surface area (TPSA) is 54.4 Å². The van der Waals surface area contributed by atoms with Gasteiger partial charge in [0, 0.05) is 23.0 Å². The summed E-state index contributed by atoms with van der Waals surface area (Å²) in [4.78, 5) is 10.6. The molecule has 4 heteroatoms. The highest BCUT2D eigenvalue weighted by atomic mass is 32.2. The number of carbonyl (C=O) groups is 1. The molecule has 0 amide bonds. The molecule has 52 valence electrons. The van der Waals surface area contributed by atoms with Crippen LogP contribution in [0.5, 0.6) is 0 Å². The maximum atomic E-state index is 10.6. The molecule has 9 heavy (non-hydrogen) atoms. The highest BCUT2D eigenvalue weighted by Gasteiger charge is 2.23. The second kappa shape index (κ2) is 2.58. The summed E-state index contributed by atoms with van der Waals surface area (Å²) in [6.07, 6.45) is -0.687. The van der Waals surface area contributed by atoms with Gasteiger partial charge in [0.1, 0.15) is 6.10 Å². The van der Waals surface area contributed by atoms with Crippen molar-refractivity contribution in [2.75, 3.05) is 11.5 Å². The van der Waals surface area contributed by atoms with Gasteiger partial charge in [-0.1, -0.05) is 0 Å². The van der Waals surface area contributed by atoms with Gasteiger partial charge in [0.25, 0.3) is 0 Å². The number of Topliss-reactive ketones (excluding diaryl/α,β-unsaturated/α-hetero) is 1. The molecule has 1 saturated heterocycles. The number of aliphatic hydroxyl groups is 1. The molecule has 1 N–H and O–H groups in total. The Labute approximate surface area is 55.5 Å². The van der Waals surface area contributed by atoms with E-state index >= 15 is 0 Å². The first kappa shape index (κ1) is 6.89. The standard InChI is InChI=1S/C5H8O3S/c6-4-1-2-9(8)3-5(4)7/h5,7H,1-3H2/t5-,9+/m1/s1. The largest absolute Gasteiger partial charge is 0.384 e. The molecule has 0 saturated carbocycles. The van der Waals surface area contributed by atoms with E-state index in [9.17, 15) is 9.00 Å². The van der Waals surface area contributed by atoms with Crippen molar-refractivity contribution in [1.29, 1.82) is 0 Å². The van der Waals surface area contributed by atoms with Gasteiger partial charge in [-0.05, 0) is 0 Å². The molecule has 0 spiro atoms. The van der Waals surface area contributed by atoms with E-state index < -0.39 is 16.9 Å². The first-order valence-electron chi connectivity index (χ1n) is 2.76. The van der Waals surface area contributed by atoms with E-state index in [1.807, 2.05) is 0 Å². The minimum Gasteiger partial charge on any atom is -0.384 e. The Bertz CT molecular complexity index is 154. The molecule has 1 aliphatic rings. The molecule has 1 rings (SSSR count). The summed E-state index contributed by atoms with van der Waals surface area (Å²) in [6.45, 7) is 0. The van der Waals surface area contributed by atoms with Crippen molar-refractivity contribution in [2.24, 2.45) is 0 Å². The molecule has 0 aromatic heterocycles. The molecule has 0 bridgehead atoms. The van der Waals surface area contributed by atoms with Gasteiger partial charge in [-0.2, -0.15) is 0 Å². The molecule has 0 radical (unpaired) electrons. The normalized spacial score (nSPS) is 36.8. The first-order chi connectivity index (χ1) is 4.20. The summed E-state index contributed by atoms with van der Waals surface area (Å²) < 4.78 is 10.6. The van der Waals surface area contributed by atoms with E-state index in [4.69, 9.17) is 5.11 Å². The Morgan fingerprint density at radius 2 is 2.33 bits per heavy atom. The lowest BCUT2D eigenvalue weighted by Crippen LogP contribution is -2.33. The van der Waals surface area contributed by atoms with Gasteiger partial charge >= 0.3 is 0 Å². The smallest absolute Gasteiger partial charge is 0.163 e. The molecule has 2 atom stereocenters. The maximum absolute atomic E-state index is 10.6. The second-order valence-corrected chi connectivity index (χ2v) is 3.66. The third-order valence-electron chi connectivity index (χ3n) is 1.29. The van der Waals surface area contributed by atoms with Crippen molar-refractivity contribution in [3.05, 3.63) is 0 Å². The van der Waals surface area contributed by atoms with Gasteiger partial charge in [0.2, 0.25) is 0 Å². The molecular weight excluding hydrogens is 140 g/mol. The van der Waals surface area contributed by atoms with Crippen LogP contribution in [0, 0.1) is 0 Å². The highest BCUT2D eigenvalue weighted by Crippen LogP contribution is 2.03. The number of aliphatic hydroxyl groups excluding tert-OH is 1. The number of hydrogen-bond donors (Lipinski definition) is 1. The molecule has 0 aliphatic carbocycles. The van der Waals surface area contributed by atoms with Gasteiger partial charge in [0.15, 0.2) is 5.78 Å². The first-order valence-corrected chi connectivity index (χ1v) is 4.24. The van der Waals surface area contributed by atoms with Crippen LogP contribution in [0.25, 0.3) is 0 Å². The molecular formula is C5H8O3S. The summed E-state index contributed by atoms with van der Waals surface area (Å²) in [7, 11) is -0.962. The molecule has 1 fully saturated rings. The molecule has 0 aromatic carbocycles. The van der Waals surface area contributed by atoms with Crippen molar-refractivity contribution < 1.29 is 14.1 Å². The van der Waals surface area contributed by atoms with Crippen LogP contribution in [-0.4, -0.2) is 32.7 Å². The van der Waals surface area contributed by atoms with Crippen molar-refractivity contribution in [2.45, 2.75) is 12.5 Å². The highest BCUT2D eigenvalue weighted by molar-refractivity contribution is 7.85. The molecule has 0 aromatic rings. The molecule has 0 unspecified atom stereocenters. The quantitative estimate of drug-likeness (QED) is 0.483. The van der Waals surface area contributed by atoms with Crippen LogP contribution in [0.4, 0.5) is 0 Å². The lowest BCUT2D eigenvalue weighted by atomic mass is 10.2. The number of rotatable bonds is 0. The van der Waals surface area contributed by atoms with Crippen LogP contribution in [0.1, 0.15) is 6.42 Å². The Morgan fingerprint density at radius 1 is 1.67 bits per heavy atom. The fourth-order valence-electron chi connectivity index (χ4n) is 0.733. The van der Waals surface area contributed by atoms with E-state index in [0.29, 0.717) is 5.75 Å². The van der Waals surface area contributed by atoms with E-state index in [-0.39, 0.29) is 18.0 Å². The minimum absolute atomic E-state index is 0.138. The van der Waals surface area contributed by atoms with Crippen LogP contribution in [0.3, 0.4) is 0 Å². The number of hydrogen-bond acceptors (Lipinski definition) is 3. The maximum Gasteiger partial charge on any atom is 0.163 e. The van der Waals surface area contributed by atoms with Crippen molar-refractivity contribution in [3.63, 3.8) is 0 Å². The van der Waals surface area contributed by atoms with Crippen molar-refractivity contribution in [1.82, 2.24) is 0 Å². The zero-order chi connectivity index (χ0) is 6.85. The van der Waals surface area contributed by atoms with E-state index in [2.05, 4.69) is 0 Å². The van der Waals surface area contributed by atoms with Crippen LogP contribution >= 0.6 is 0 Å². The minimum atomic E-state index is -0.962. The summed E-state index contributed by atoms with van der Waals surface area (Å²) in [6, 6.07) is 0. The number of carbonyl (C=O) groups excluding carboxylic acids is 1. The SMILES string of the molecule is O=C1CC[S@](=O)C[C@H]1O. The monoisotopic (exact) mass is 148 g/mol. The summed E-state index contributed by atoms with van der Waals surface area (Å²) in [5.74, 6) is 0.393. The molecule has 3 nitrogen and oxygen atoms in total. The Hall–Kier alpha value is -0.220. The van der Waals surface area contributed by atoms with Crippen LogP contribution < -0.4 is 0 Å². The predicted molar refractivity (Wildman–Crippen MR) is 33.5 cm³/mol. The fourth-order valence-corrected chi connectivity index (χ4v) is 1.87. The van der Waals surface area contributed by atoms with Crippen molar-refractivity contribution in [3.8, 4) is 0 Å². The Morgan fingerprint density at radius 3 is 2.78 bits per heavy atom. The summed E-state index contributed by atoms with van der Waals surface area (Å²) in [5.41, 5.74) is 0. The van der Waals surface area contributed by atoms with E-state index in [0.717, 1.165) is 0 Å². The van der Waals surface area contributed by atoms with Gasteiger partial charge < -0.3 is 5.11 Å². The lowest BCUT2D eigenvalue weighted by Gasteiger charge is -2.13. The van der Waals surface area contributed by atoms with Gasteiger partial charge in [-0.15, -0.1) is 0 Å². The lowest BCUT2D eigenvalue weighted by molar-refractivity contribution is -0.125. The van der Waals surface area contributed by atoms with E-state index in [1.54, 1.807) is 0 Å². The average molecular weight is 148 g/mol. The van der Waals surface area contributed by atoms with Gasteiger partial charge in [0.05, 0.1) is 5.75 Å². The summed E-state index contributed by atoms with van der Waals surface area (Å²) in [5, 5.41) is 8.81. The third kappa shape index (κ3) is 1.59. The van der Waals surface area contributed by atoms with Crippen molar-refractivity contribution >= 4 is 16.6 Å². The van der Waals surface area contributed by atoms with E-state index in [1.165, 1.54) is 0 Å². The second-order valence-electron chi connectivity index (χ2n) is 2.04. The average Bonchev–Trinajstić information content (AvgIpc) is 1.80. The van der Waals surface area contributed by atoms with Crippen LogP contribution in [-0.2, 0) is 15.6 Å². The van der Waals surface area contributed by atoms with Gasteiger partial charge in [-0.3, -0.25) is 9.00 Å². The zero-order valence-corrected chi connectivity index (χ0v) is 5.69. The van der Waals surface area contributed by atoms with Crippen LogP contribution in [0.2, 0.25) is 0 Å². The fraction of sp³-hybridized carbons (Fsp3) is 0.800. The summed E-state index contributed by atoms with van der Waals surface area (Å²) >= 11 is 0. The Kier molecular flexibility index (Phi) is 1.97. The van der Waals surface area contributed by atoms with Gasteiger partial charge in [-0.25, -0.2) is 0 Å². The third-order valence-corrected chi connectivity index (χ3v) is 2.64. The zero-order valence-electron chi connectivity index (χ0n) is 4.87. The Balaban J connectivity index is 2.54. The predicted octanol–water partition coefficient (Wildman–Crippen LogP) is -0.931. The molecule has 1 heterocycles. The number of ketones is 1. The van der Waals surface area contributed by atoms with Crippen LogP contribution in [0.15, 0.2) is 0 Å².